The summed E-state index contributed by atoms with van der Waals surface area (Å²) in [7, 11) is 0. The molecule has 0 aliphatic carbocycles. The predicted molar refractivity (Wildman–Crippen MR) is 168 cm³/mol. The van der Waals surface area contributed by atoms with Crippen LogP contribution < -0.4 is 16.4 Å². The van der Waals surface area contributed by atoms with Crippen molar-refractivity contribution in [1.29, 1.82) is 0 Å². The van der Waals surface area contributed by atoms with E-state index >= 15 is 0 Å². The Bertz CT molecular complexity index is 1320. The van der Waals surface area contributed by atoms with Crippen molar-refractivity contribution in [3.8, 4) is 0 Å². The molecule has 1 saturated heterocycles. The van der Waals surface area contributed by atoms with E-state index in [1.807, 2.05) is 48.5 Å². The second-order valence-corrected chi connectivity index (χ2v) is 11.1. The second kappa shape index (κ2) is 14.6. The zero-order valence-corrected chi connectivity index (χ0v) is 24.1. The highest BCUT2D eigenvalue weighted by Gasteiger charge is 2.23. The molecule has 4 rings (SSSR count). The topological polar surface area (TPSA) is 108 Å². The monoisotopic (exact) mass is 554 g/mol. The summed E-state index contributed by atoms with van der Waals surface area (Å²) < 4.78 is 0. The summed E-state index contributed by atoms with van der Waals surface area (Å²) in [4.78, 5) is 28.2. The number of piperidine rings is 1. The number of nitrogens with two attached hydrogens (primary N) is 1. The van der Waals surface area contributed by atoms with Gasteiger partial charge in [0.15, 0.2) is 0 Å². The molecule has 0 aromatic heterocycles. The highest BCUT2D eigenvalue weighted by Crippen LogP contribution is 2.26. The van der Waals surface area contributed by atoms with E-state index in [0.717, 1.165) is 49.2 Å². The van der Waals surface area contributed by atoms with Gasteiger partial charge in [-0.3, -0.25) is 9.59 Å². The molecule has 3 aromatic carbocycles. The van der Waals surface area contributed by atoms with E-state index in [0.29, 0.717) is 30.3 Å². The Kier molecular flexibility index (Phi) is 10.7. The summed E-state index contributed by atoms with van der Waals surface area (Å²) in [5, 5.41) is 15.9. The number of amides is 2. The number of likely N-dealkylation sites (tertiary alicyclic amines) is 1. The average molecular weight is 555 g/mol. The molecule has 1 fully saturated rings. The second-order valence-electron chi connectivity index (χ2n) is 11.1. The van der Waals surface area contributed by atoms with Crippen molar-refractivity contribution in [1.82, 2.24) is 4.90 Å². The van der Waals surface area contributed by atoms with Gasteiger partial charge >= 0.3 is 0 Å². The average Bonchev–Trinajstić information content (AvgIpc) is 2.96. The molecule has 0 saturated carbocycles. The molecule has 216 valence electrons. The molecule has 41 heavy (non-hydrogen) atoms. The quantitative estimate of drug-likeness (QED) is 0.172. The van der Waals surface area contributed by atoms with Crippen molar-refractivity contribution in [2.24, 2.45) is 0 Å². The van der Waals surface area contributed by atoms with Crippen LogP contribution in [-0.2, 0) is 9.59 Å². The van der Waals surface area contributed by atoms with Gasteiger partial charge in [-0.05, 0) is 91.7 Å². The minimum Gasteiger partial charge on any atom is -0.397 e. The van der Waals surface area contributed by atoms with Crippen molar-refractivity contribution >= 4 is 35.0 Å². The van der Waals surface area contributed by atoms with E-state index in [9.17, 15) is 14.7 Å². The van der Waals surface area contributed by atoms with Gasteiger partial charge in [-0.15, -0.1) is 0 Å². The van der Waals surface area contributed by atoms with Crippen LogP contribution in [0.15, 0.2) is 78.9 Å². The standard InChI is InChI=1S/C34H42N4O3/c1-24(2)26-16-18-28(19-17-26)36-34(41)30(8-6-22-38-21-5-7-29(39)23-38)27-14-11-25(12-15-27)13-20-33(40)37-32-10-4-3-9-31(32)35/h3-4,9-20,24,29-30,39H,5-8,21-23,35H2,1-2H3,(H,36,41)(H,37,40)/b20-13+. The van der Waals surface area contributed by atoms with E-state index in [4.69, 9.17) is 5.73 Å². The van der Waals surface area contributed by atoms with Gasteiger partial charge in [0.25, 0.3) is 0 Å². The van der Waals surface area contributed by atoms with E-state index in [1.165, 1.54) is 11.6 Å². The number of hydrogen-bond donors (Lipinski definition) is 4. The third kappa shape index (κ3) is 9.03. The largest absolute Gasteiger partial charge is 0.397 e. The van der Waals surface area contributed by atoms with Crippen molar-refractivity contribution in [3.05, 3.63) is 95.6 Å². The Labute approximate surface area is 243 Å². The fraction of sp³-hybridized carbons (Fsp3) is 0.353. The minimum absolute atomic E-state index is 0.0379. The maximum absolute atomic E-state index is 13.5. The number of hydrogen-bond acceptors (Lipinski definition) is 5. The van der Waals surface area contributed by atoms with Crippen molar-refractivity contribution in [3.63, 3.8) is 0 Å². The predicted octanol–water partition coefficient (Wildman–Crippen LogP) is 6.00. The molecule has 0 radical (unpaired) electrons. The number of β-amino-alcohol motifs (C(OH)–C–C–N with tert-alkyl or cyclic N) is 1. The Morgan fingerprint density at radius 3 is 2.39 bits per heavy atom. The third-order valence-electron chi connectivity index (χ3n) is 7.59. The number of anilines is 3. The van der Waals surface area contributed by atoms with Crippen LogP contribution in [0.5, 0.6) is 0 Å². The summed E-state index contributed by atoms with van der Waals surface area (Å²) in [5.74, 6) is -0.201. The number of nitrogens with one attached hydrogen (secondary N) is 2. The Balaban J connectivity index is 1.42. The van der Waals surface area contributed by atoms with Crippen LogP contribution in [0.3, 0.4) is 0 Å². The summed E-state index contributed by atoms with van der Waals surface area (Å²) in [6.07, 6.45) is 6.36. The van der Waals surface area contributed by atoms with Crippen LogP contribution in [0, 0.1) is 0 Å². The molecule has 0 spiro atoms. The van der Waals surface area contributed by atoms with Crippen molar-refractivity contribution in [2.45, 2.75) is 57.5 Å². The first-order chi connectivity index (χ1) is 19.8. The molecule has 5 N–H and O–H groups in total. The first-order valence-electron chi connectivity index (χ1n) is 14.5. The Morgan fingerprint density at radius 2 is 1.71 bits per heavy atom. The van der Waals surface area contributed by atoms with E-state index in [1.54, 1.807) is 18.2 Å². The molecular formula is C34H42N4O3. The zero-order chi connectivity index (χ0) is 29.2. The third-order valence-corrected chi connectivity index (χ3v) is 7.59. The summed E-state index contributed by atoms with van der Waals surface area (Å²) in [5.41, 5.74) is 10.8. The van der Waals surface area contributed by atoms with Gasteiger partial charge in [-0.25, -0.2) is 0 Å². The first-order valence-corrected chi connectivity index (χ1v) is 14.5. The lowest BCUT2D eigenvalue weighted by Gasteiger charge is -2.30. The number of carbonyl (C=O) groups excluding carboxylic acids is 2. The van der Waals surface area contributed by atoms with Crippen LogP contribution in [0.25, 0.3) is 6.08 Å². The highest BCUT2D eigenvalue weighted by atomic mass is 16.3. The highest BCUT2D eigenvalue weighted by molar-refractivity contribution is 6.03. The molecule has 7 nitrogen and oxygen atoms in total. The van der Waals surface area contributed by atoms with Gasteiger partial charge in [0.1, 0.15) is 0 Å². The summed E-state index contributed by atoms with van der Waals surface area (Å²) in [6, 6.07) is 22.9. The van der Waals surface area contributed by atoms with Crippen LogP contribution in [0.1, 0.15) is 68.1 Å². The SMILES string of the molecule is CC(C)c1ccc(NC(=O)C(CCCN2CCCC(O)C2)c2ccc(/C=C/C(=O)Nc3ccccc3N)cc2)cc1. The molecule has 7 heteroatoms. The van der Waals surface area contributed by atoms with Gasteiger partial charge < -0.3 is 26.4 Å². The number of nitrogen functional groups attached to an aromatic ring is 1. The number of nitrogens with zero attached hydrogens (tertiary/aromatic N) is 1. The van der Waals surface area contributed by atoms with Gasteiger partial charge in [0.05, 0.1) is 23.4 Å². The van der Waals surface area contributed by atoms with Gasteiger partial charge in [-0.2, -0.15) is 0 Å². The Hall–Kier alpha value is -3.94. The Morgan fingerprint density at radius 1 is 1.00 bits per heavy atom. The van der Waals surface area contributed by atoms with E-state index in [2.05, 4.69) is 41.5 Å². The molecule has 2 unspecified atom stereocenters. The van der Waals surface area contributed by atoms with Crippen molar-refractivity contribution in [2.75, 3.05) is 36.0 Å². The molecule has 1 aliphatic heterocycles. The lowest BCUT2D eigenvalue weighted by atomic mass is 9.92. The number of para-hydroxylation sites is 2. The van der Waals surface area contributed by atoms with Crippen molar-refractivity contribution < 1.29 is 14.7 Å². The first kappa shape index (κ1) is 30.0. The van der Waals surface area contributed by atoms with Crippen LogP contribution in [0.4, 0.5) is 17.1 Å². The van der Waals surface area contributed by atoms with Crippen LogP contribution in [-0.4, -0.2) is 47.6 Å². The van der Waals surface area contributed by atoms with Crippen LogP contribution >= 0.6 is 0 Å². The maximum atomic E-state index is 13.5. The molecule has 1 aliphatic rings. The van der Waals surface area contributed by atoms with E-state index in [-0.39, 0.29) is 23.8 Å². The molecule has 0 bridgehead atoms. The maximum Gasteiger partial charge on any atom is 0.248 e. The zero-order valence-electron chi connectivity index (χ0n) is 24.1. The number of rotatable bonds is 11. The number of aliphatic hydroxyl groups excluding tert-OH is 1. The lowest BCUT2D eigenvalue weighted by molar-refractivity contribution is -0.117. The fourth-order valence-electron chi connectivity index (χ4n) is 5.18. The number of benzene rings is 3. The van der Waals surface area contributed by atoms with Gasteiger partial charge in [0.2, 0.25) is 11.8 Å². The number of aliphatic hydroxyl groups is 1. The van der Waals surface area contributed by atoms with E-state index < -0.39 is 0 Å². The fourth-order valence-corrected chi connectivity index (χ4v) is 5.18. The molecular weight excluding hydrogens is 512 g/mol. The van der Waals surface area contributed by atoms with Gasteiger partial charge in [-0.1, -0.05) is 62.4 Å². The summed E-state index contributed by atoms with van der Waals surface area (Å²) in [6.45, 7) is 6.84. The van der Waals surface area contributed by atoms with Crippen LogP contribution in [0.2, 0.25) is 0 Å². The molecule has 3 aromatic rings. The lowest BCUT2D eigenvalue weighted by Crippen LogP contribution is -2.38. The molecule has 2 amide bonds. The number of carbonyl (C=O) groups is 2. The smallest absolute Gasteiger partial charge is 0.248 e. The molecule has 2 atom stereocenters. The normalized spacial score (nSPS) is 16.5. The minimum atomic E-state index is -0.322. The molecule has 1 heterocycles. The van der Waals surface area contributed by atoms with Gasteiger partial charge in [0, 0.05) is 18.3 Å². The summed E-state index contributed by atoms with van der Waals surface area (Å²) >= 11 is 0.